The second kappa shape index (κ2) is 3.23. The minimum absolute atomic E-state index is 0.279. The summed E-state index contributed by atoms with van der Waals surface area (Å²) in [5, 5.41) is 0. The highest BCUT2D eigenvalue weighted by Crippen LogP contribution is 2.10. The predicted octanol–water partition coefficient (Wildman–Crippen LogP) is 0.438. The Labute approximate surface area is 57.7 Å². The molecule has 0 aromatic heterocycles. The molecular formula is C5H10F2N2O. The Bertz CT molecular complexity index is 112. The SMILES string of the molecule is CC[C@H]1NN[C@@H](C(F)F)O1. The number of ether oxygens (including phenoxy) is 1. The van der Waals surface area contributed by atoms with E-state index in [0.717, 1.165) is 0 Å². The molecule has 1 aliphatic heterocycles. The van der Waals surface area contributed by atoms with Crippen molar-refractivity contribution in [2.24, 2.45) is 0 Å². The van der Waals surface area contributed by atoms with Crippen molar-refractivity contribution in [3.63, 3.8) is 0 Å². The Morgan fingerprint density at radius 2 is 2.20 bits per heavy atom. The third kappa shape index (κ3) is 1.62. The van der Waals surface area contributed by atoms with Crippen LogP contribution in [0.5, 0.6) is 0 Å². The van der Waals surface area contributed by atoms with Crippen LogP contribution in [0.3, 0.4) is 0 Å². The normalized spacial score (nSPS) is 33.6. The predicted molar refractivity (Wildman–Crippen MR) is 31.2 cm³/mol. The second-order valence-electron chi connectivity index (χ2n) is 2.08. The van der Waals surface area contributed by atoms with Gasteiger partial charge < -0.3 is 4.74 Å². The quantitative estimate of drug-likeness (QED) is 0.602. The lowest BCUT2D eigenvalue weighted by molar-refractivity contribution is -0.0594. The molecule has 0 aliphatic carbocycles. The highest BCUT2D eigenvalue weighted by molar-refractivity contribution is 4.65. The van der Waals surface area contributed by atoms with Crippen LogP contribution < -0.4 is 10.9 Å². The van der Waals surface area contributed by atoms with E-state index in [1.165, 1.54) is 0 Å². The lowest BCUT2D eigenvalue weighted by Gasteiger charge is -2.07. The first-order valence-electron chi connectivity index (χ1n) is 3.18. The minimum Gasteiger partial charge on any atom is -0.337 e. The summed E-state index contributed by atoms with van der Waals surface area (Å²) >= 11 is 0. The van der Waals surface area contributed by atoms with Gasteiger partial charge in [0.2, 0.25) is 0 Å². The Hall–Kier alpha value is -0.260. The van der Waals surface area contributed by atoms with E-state index < -0.39 is 12.7 Å². The number of halogens is 2. The van der Waals surface area contributed by atoms with Crippen molar-refractivity contribution in [1.29, 1.82) is 0 Å². The molecule has 0 radical (unpaired) electrons. The zero-order chi connectivity index (χ0) is 7.56. The van der Waals surface area contributed by atoms with E-state index in [4.69, 9.17) is 4.74 Å². The van der Waals surface area contributed by atoms with Gasteiger partial charge in [-0.1, -0.05) is 6.92 Å². The van der Waals surface area contributed by atoms with Crippen LogP contribution in [0.4, 0.5) is 8.78 Å². The van der Waals surface area contributed by atoms with Crippen LogP contribution in [0.15, 0.2) is 0 Å². The number of alkyl halides is 2. The molecule has 1 heterocycles. The maximum absolute atomic E-state index is 11.8. The largest absolute Gasteiger partial charge is 0.337 e. The van der Waals surface area contributed by atoms with Crippen molar-refractivity contribution >= 4 is 0 Å². The third-order valence-electron chi connectivity index (χ3n) is 1.30. The molecule has 0 aromatic carbocycles. The van der Waals surface area contributed by atoms with E-state index in [-0.39, 0.29) is 6.23 Å². The molecule has 2 atom stereocenters. The van der Waals surface area contributed by atoms with Gasteiger partial charge in [0, 0.05) is 0 Å². The van der Waals surface area contributed by atoms with Crippen LogP contribution in [0.1, 0.15) is 13.3 Å². The van der Waals surface area contributed by atoms with Crippen LogP contribution in [0.2, 0.25) is 0 Å². The summed E-state index contributed by atoms with van der Waals surface area (Å²) in [5.74, 6) is 0. The fourth-order valence-corrected chi connectivity index (χ4v) is 0.741. The Kier molecular flexibility index (Phi) is 2.53. The zero-order valence-electron chi connectivity index (χ0n) is 5.60. The van der Waals surface area contributed by atoms with E-state index in [1.807, 2.05) is 6.92 Å². The Morgan fingerprint density at radius 3 is 2.50 bits per heavy atom. The summed E-state index contributed by atoms with van der Waals surface area (Å²) in [5.41, 5.74) is 4.92. The highest BCUT2D eigenvalue weighted by Gasteiger charge is 2.29. The van der Waals surface area contributed by atoms with Crippen molar-refractivity contribution in [3.8, 4) is 0 Å². The van der Waals surface area contributed by atoms with Crippen LogP contribution in [0, 0.1) is 0 Å². The molecule has 0 saturated carbocycles. The van der Waals surface area contributed by atoms with Gasteiger partial charge in [0.05, 0.1) is 0 Å². The van der Waals surface area contributed by atoms with Crippen molar-refractivity contribution in [1.82, 2.24) is 10.9 Å². The highest BCUT2D eigenvalue weighted by atomic mass is 19.3. The molecule has 0 unspecified atom stereocenters. The van der Waals surface area contributed by atoms with Crippen LogP contribution in [-0.2, 0) is 4.74 Å². The number of hydrogen-bond acceptors (Lipinski definition) is 3. The van der Waals surface area contributed by atoms with Gasteiger partial charge in [-0.3, -0.25) is 0 Å². The molecule has 1 fully saturated rings. The zero-order valence-corrected chi connectivity index (χ0v) is 5.60. The fraction of sp³-hybridized carbons (Fsp3) is 1.00. The summed E-state index contributed by atoms with van der Waals surface area (Å²) < 4.78 is 28.4. The van der Waals surface area contributed by atoms with Gasteiger partial charge in [-0.05, 0) is 6.42 Å². The maximum atomic E-state index is 11.8. The molecule has 1 aliphatic rings. The summed E-state index contributed by atoms with van der Waals surface area (Å²) in [6, 6.07) is 0. The molecule has 0 aromatic rings. The van der Waals surface area contributed by atoms with E-state index in [9.17, 15) is 8.78 Å². The molecule has 1 rings (SSSR count). The van der Waals surface area contributed by atoms with Gasteiger partial charge in [-0.2, -0.15) is 0 Å². The monoisotopic (exact) mass is 152 g/mol. The minimum atomic E-state index is -2.47. The summed E-state index contributed by atoms with van der Waals surface area (Å²) in [6.45, 7) is 1.85. The molecule has 0 bridgehead atoms. The van der Waals surface area contributed by atoms with Gasteiger partial charge in [-0.15, -0.1) is 0 Å². The smallest absolute Gasteiger partial charge is 0.278 e. The molecule has 10 heavy (non-hydrogen) atoms. The van der Waals surface area contributed by atoms with Gasteiger partial charge in [0.15, 0.2) is 6.23 Å². The number of hydrazine groups is 1. The number of nitrogens with one attached hydrogen (secondary N) is 2. The molecule has 3 nitrogen and oxygen atoms in total. The topological polar surface area (TPSA) is 33.3 Å². The van der Waals surface area contributed by atoms with Crippen LogP contribution in [0.25, 0.3) is 0 Å². The van der Waals surface area contributed by atoms with E-state index in [1.54, 1.807) is 0 Å². The molecule has 1 saturated heterocycles. The Balaban J connectivity index is 2.28. The Morgan fingerprint density at radius 1 is 1.50 bits per heavy atom. The van der Waals surface area contributed by atoms with Crippen LogP contribution in [-0.4, -0.2) is 18.9 Å². The van der Waals surface area contributed by atoms with E-state index in [0.29, 0.717) is 6.42 Å². The summed E-state index contributed by atoms with van der Waals surface area (Å²) in [7, 11) is 0. The third-order valence-corrected chi connectivity index (χ3v) is 1.30. The van der Waals surface area contributed by atoms with E-state index >= 15 is 0 Å². The lowest BCUT2D eigenvalue weighted by Crippen LogP contribution is -2.36. The average molecular weight is 152 g/mol. The molecule has 5 heteroatoms. The maximum Gasteiger partial charge on any atom is 0.278 e. The fourth-order valence-electron chi connectivity index (χ4n) is 0.741. The first kappa shape index (κ1) is 7.84. The van der Waals surface area contributed by atoms with Gasteiger partial charge in [0.1, 0.15) is 6.23 Å². The molecule has 0 amide bonds. The first-order chi connectivity index (χ1) is 4.74. The number of hydrogen-bond donors (Lipinski definition) is 2. The standard InChI is InChI=1S/C5H10F2N2O/c1-2-3-8-9-5(10-3)4(6)7/h3-5,8-9H,2H2,1H3/t3-,5+/m0/s1. The number of rotatable bonds is 2. The van der Waals surface area contributed by atoms with Crippen molar-refractivity contribution in [2.45, 2.75) is 32.2 Å². The second-order valence-corrected chi connectivity index (χ2v) is 2.08. The molecule has 2 N–H and O–H groups in total. The summed E-state index contributed by atoms with van der Waals surface area (Å²) in [6.07, 6.45) is -3.22. The summed E-state index contributed by atoms with van der Waals surface area (Å²) in [4.78, 5) is 0. The molecular weight excluding hydrogens is 142 g/mol. The molecule has 0 spiro atoms. The first-order valence-corrected chi connectivity index (χ1v) is 3.18. The molecule has 60 valence electrons. The van der Waals surface area contributed by atoms with Gasteiger partial charge in [-0.25, -0.2) is 19.6 Å². The van der Waals surface area contributed by atoms with Gasteiger partial charge >= 0.3 is 0 Å². The van der Waals surface area contributed by atoms with Crippen molar-refractivity contribution in [2.75, 3.05) is 0 Å². The van der Waals surface area contributed by atoms with Crippen LogP contribution >= 0.6 is 0 Å². The van der Waals surface area contributed by atoms with Crippen molar-refractivity contribution in [3.05, 3.63) is 0 Å². The lowest BCUT2D eigenvalue weighted by atomic mass is 10.4. The van der Waals surface area contributed by atoms with Crippen molar-refractivity contribution < 1.29 is 13.5 Å². The average Bonchev–Trinajstić information content (AvgIpc) is 2.34. The van der Waals surface area contributed by atoms with E-state index in [2.05, 4.69) is 10.9 Å². The van der Waals surface area contributed by atoms with Gasteiger partial charge in [0.25, 0.3) is 6.43 Å².